The van der Waals surface area contributed by atoms with E-state index in [2.05, 4.69) is 60.8 Å². The van der Waals surface area contributed by atoms with Crippen molar-refractivity contribution in [2.45, 2.75) is 26.8 Å². The van der Waals surface area contributed by atoms with Crippen LogP contribution in [0.2, 0.25) is 0 Å². The lowest BCUT2D eigenvalue weighted by atomic mass is 9.98. The molecule has 0 aliphatic rings. The van der Waals surface area contributed by atoms with E-state index >= 15 is 0 Å². The Morgan fingerprint density at radius 3 is 2.38 bits per heavy atom. The summed E-state index contributed by atoms with van der Waals surface area (Å²) in [7, 11) is -2.93. The molecular weight excluding hydrogens is 379 g/mol. The Bertz CT molecular complexity index is 972. The predicted octanol–water partition coefficient (Wildman–Crippen LogP) is 5.49. The molecule has 3 aromatic rings. The van der Waals surface area contributed by atoms with Crippen LogP contribution < -0.4 is 5.32 Å². The Morgan fingerprint density at radius 1 is 0.966 bits per heavy atom. The maximum atomic E-state index is 11.7. The average molecular weight is 408 g/mol. The summed E-state index contributed by atoms with van der Waals surface area (Å²) in [6, 6.07) is 22.9. The molecule has 0 bridgehead atoms. The highest BCUT2D eigenvalue weighted by atomic mass is 31.2. The topological polar surface area (TPSA) is 62.2 Å². The van der Waals surface area contributed by atoms with Crippen LogP contribution in [0.15, 0.2) is 66.7 Å². The van der Waals surface area contributed by atoms with Gasteiger partial charge in [-0.3, -0.25) is 9.55 Å². The van der Waals surface area contributed by atoms with Crippen molar-refractivity contribution in [1.82, 2.24) is 10.3 Å². The minimum atomic E-state index is -2.93. The van der Waals surface area contributed by atoms with Crippen molar-refractivity contribution in [2.75, 3.05) is 18.9 Å². The highest BCUT2D eigenvalue weighted by molar-refractivity contribution is 7.57. The van der Waals surface area contributed by atoms with Crippen molar-refractivity contribution in [1.29, 1.82) is 0 Å². The summed E-state index contributed by atoms with van der Waals surface area (Å²) in [5.74, 6) is 0. The molecule has 0 spiro atoms. The summed E-state index contributed by atoms with van der Waals surface area (Å²) in [4.78, 5) is 14.6. The van der Waals surface area contributed by atoms with Crippen molar-refractivity contribution >= 4 is 7.37 Å². The minimum absolute atomic E-state index is 0.343. The third-order valence-corrected chi connectivity index (χ3v) is 7.03. The Kier molecular flexibility index (Phi) is 7.38. The first-order chi connectivity index (χ1) is 14.0. The van der Waals surface area contributed by atoms with Crippen LogP contribution in [0.5, 0.6) is 0 Å². The van der Waals surface area contributed by atoms with E-state index in [1.165, 1.54) is 5.56 Å². The van der Waals surface area contributed by atoms with Gasteiger partial charge in [0.2, 0.25) is 0 Å². The van der Waals surface area contributed by atoms with Gasteiger partial charge in [0, 0.05) is 30.0 Å². The number of aryl methyl sites for hydroxylation is 1. The summed E-state index contributed by atoms with van der Waals surface area (Å²) in [5.41, 5.74) is 6.53. The van der Waals surface area contributed by atoms with Gasteiger partial charge in [-0.1, -0.05) is 73.2 Å². The van der Waals surface area contributed by atoms with E-state index < -0.39 is 7.37 Å². The van der Waals surface area contributed by atoms with Crippen LogP contribution >= 0.6 is 7.37 Å². The Labute approximate surface area is 173 Å². The van der Waals surface area contributed by atoms with Crippen LogP contribution in [0.3, 0.4) is 0 Å². The number of hydrogen-bond donors (Lipinski definition) is 2. The van der Waals surface area contributed by atoms with E-state index in [0.717, 1.165) is 28.1 Å². The second kappa shape index (κ2) is 9.98. The van der Waals surface area contributed by atoms with Crippen LogP contribution in [-0.4, -0.2) is 28.7 Å². The fourth-order valence-corrected chi connectivity index (χ4v) is 4.17. The minimum Gasteiger partial charge on any atom is -0.344 e. The monoisotopic (exact) mass is 408 g/mol. The lowest BCUT2D eigenvalue weighted by Gasteiger charge is -2.13. The Hall–Kier alpha value is -2.26. The molecule has 152 valence electrons. The zero-order valence-electron chi connectivity index (χ0n) is 17.1. The zero-order chi connectivity index (χ0) is 20.7. The van der Waals surface area contributed by atoms with E-state index in [0.29, 0.717) is 31.8 Å². The van der Waals surface area contributed by atoms with Gasteiger partial charge < -0.3 is 10.2 Å². The normalized spacial score (nSPS) is 13.2. The van der Waals surface area contributed by atoms with Gasteiger partial charge in [0.25, 0.3) is 0 Å². The molecule has 1 aromatic heterocycles. The number of rotatable bonds is 9. The molecule has 0 fully saturated rings. The maximum Gasteiger partial charge on any atom is 0.200 e. The van der Waals surface area contributed by atoms with Crippen LogP contribution in [-0.2, 0) is 11.1 Å². The van der Waals surface area contributed by atoms with Crippen LogP contribution in [0.1, 0.15) is 24.6 Å². The number of hydrogen-bond acceptors (Lipinski definition) is 3. The molecule has 4 nitrogen and oxygen atoms in total. The van der Waals surface area contributed by atoms with Crippen molar-refractivity contribution in [3.05, 3.63) is 78.0 Å². The van der Waals surface area contributed by atoms with E-state index in [4.69, 9.17) is 4.98 Å². The predicted molar refractivity (Wildman–Crippen MR) is 121 cm³/mol. The van der Waals surface area contributed by atoms with Gasteiger partial charge >= 0.3 is 0 Å². The molecule has 0 amide bonds. The summed E-state index contributed by atoms with van der Waals surface area (Å²) >= 11 is 0. The smallest absolute Gasteiger partial charge is 0.200 e. The molecule has 29 heavy (non-hydrogen) atoms. The van der Waals surface area contributed by atoms with E-state index in [1.54, 1.807) is 6.92 Å². The van der Waals surface area contributed by atoms with E-state index in [1.807, 2.05) is 18.2 Å². The van der Waals surface area contributed by atoms with Gasteiger partial charge in [0.1, 0.15) is 0 Å². The quantitative estimate of drug-likeness (QED) is 0.363. The van der Waals surface area contributed by atoms with Crippen LogP contribution in [0.25, 0.3) is 22.4 Å². The van der Waals surface area contributed by atoms with E-state index in [-0.39, 0.29) is 0 Å². The molecule has 0 radical (unpaired) electrons. The second-order valence-corrected chi connectivity index (χ2v) is 10.1. The van der Waals surface area contributed by atoms with Gasteiger partial charge in [-0.15, -0.1) is 0 Å². The highest BCUT2D eigenvalue weighted by Crippen LogP contribution is 2.39. The summed E-state index contributed by atoms with van der Waals surface area (Å²) in [6.07, 6.45) is 1.40. The SMILES string of the molecule is CCP(=O)(O)CCCNCc1ccc(-c2ccc(C)cc2)c(-c2ccccc2)n1. The summed E-state index contributed by atoms with van der Waals surface area (Å²) < 4.78 is 11.7. The van der Waals surface area contributed by atoms with Crippen molar-refractivity contribution in [3.63, 3.8) is 0 Å². The molecule has 0 aliphatic carbocycles. The zero-order valence-corrected chi connectivity index (χ0v) is 18.0. The molecule has 2 aromatic carbocycles. The first-order valence-corrected chi connectivity index (χ1v) is 12.2. The number of benzene rings is 2. The lowest BCUT2D eigenvalue weighted by Crippen LogP contribution is -2.17. The third-order valence-electron chi connectivity index (χ3n) is 5.02. The second-order valence-electron chi connectivity index (χ2n) is 7.35. The first kappa shape index (κ1) is 21.4. The van der Waals surface area contributed by atoms with Crippen molar-refractivity contribution < 1.29 is 9.46 Å². The molecule has 5 heteroatoms. The van der Waals surface area contributed by atoms with E-state index in [9.17, 15) is 9.46 Å². The van der Waals surface area contributed by atoms with Crippen molar-refractivity contribution in [3.8, 4) is 22.4 Å². The van der Waals surface area contributed by atoms with Crippen molar-refractivity contribution in [2.24, 2.45) is 0 Å². The average Bonchev–Trinajstić information content (AvgIpc) is 2.75. The highest BCUT2D eigenvalue weighted by Gasteiger charge is 2.14. The van der Waals surface area contributed by atoms with Gasteiger partial charge in [-0.05, 0) is 31.5 Å². The van der Waals surface area contributed by atoms with Gasteiger partial charge in [-0.25, -0.2) is 0 Å². The fourth-order valence-electron chi connectivity index (χ4n) is 3.21. The molecule has 1 heterocycles. The molecule has 1 unspecified atom stereocenters. The summed E-state index contributed by atoms with van der Waals surface area (Å²) in [5, 5.41) is 3.35. The molecule has 0 saturated heterocycles. The molecule has 0 aliphatic heterocycles. The summed E-state index contributed by atoms with van der Waals surface area (Å²) in [6.45, 7) is 5.19. The number of pyridine rings is 1. The number of nitrogens with one attached hydrogen (secondary N) is 1. The molecule has 3 rings (SSSR count). The standard InChI is InChI=1S/C24H29N2O2P/c1-3-29(27,28)17-7-16-25-18-22-14-15-23(20-12-10-19(2)11-13-20)24(26-22)21-8-5-4-6-9-21/h4-6,8-15,25H,3,7,16-18H2,1-2H3,(H,27,28). The lowest BCUT2D eigenvalue weighted by molar-refractivity contribution is 0.476. The van der Waals surface area contributed by atoms with Gasteiger partial charge in [-0.2, -0.15) is 0 Å². The Morgan fingerprint density at radius 2 is 1.69 bits per heavy atom. The third kappa shape index (κ3) is 6.11. The maximum absolute atomic E-state index is 11.7. The first-order valence-electron chi connectivity index (χ1n) is 10.1. The number of aromatic nitrogens is 1. The van der Waals surface area contributed by atoms with Crippen LogP contribution in [0.4, 0.5) is 0 Å². The Balaban J connectivity index is 1.77. The molecule has 2 N–H and O–H groups in total. The van der Waals surface area contributed by atoms with Gasteiger partial charge in [0.15, 0.2) is 7.37 Å². The number of nitrogens with zero attached hydrogens (tertiary/aromatic N) is 1. The fraction of sp³-hybridized carbons (Fsp3) is 0.292. The van der Waals surface area contributed by atoms with Gasteiger partial charge in [0.05, 0.1) is 11.4 Å². The van der Waals surface area contributed by atoms with Crippen LogP contribution in [0, 0.1) is 6.92 Å². The molecule has 1 atom stereocenters. The largest absolute Gasteiger partial charge is 0.344 e. The molecule has 0 saturated carbocycles. The molecular formula is C24H29N2O2P.